The lowest BCUT2D eigenvalue weighted by molar-refractivity contribution is 0.362. The van der Waals surface area contributed by atoms with Crippen molar-refractivity contribution in [2.45, 2.75) is 44.0 Å². The minimum atomic E-state index is 0.471. The van der Waals surface area contributed by atoms with E-state index in [0.29, 0.717) is 17.1 Å². The smallest absolute Gasteiger partial charge is 0.187 e. The van der Waals surface area contributed by atoms with E-state index in [9.17, 15) is 0 Å². The Bertz CT molecular complexity index is 407. The maximum Gasteiger partial charge on any atom is 0.187 e. The van der Waals surface area contributed by atoms with Gasteiger partial charge in [-0.25, -0.2) is 4.98 Å². The molecule has 0 radical (unpaired) electrons. The quantitative estimate of drug-likeness (QED) is 0.755. The summed E-state index contributed by atoms with van der Waals surface area (Å²) < 4.78 is 0. The molecule has 0 bridgehead atoms. The number of piperidine rings is 1. The van der Waals surface area contributed by atoms with Gasteiger partial charge >= 0.3 is 0 Å². The Hall–Kier alpha value is 0.01000. The molecule has 2 aliphatic rings. The average Bonchev–Trinajstić information content (AvgIpc) is 2.94. The maximum atomic E-state index is 6.10. The van der Waals surface area contributed by atoms with Crippen molar-refractivity contribution in [1.82, 2.24) is 4.98 Å². The number of thiazole rings is 1. The van der Waals surface area contributed by atoms with Crippen LogP contribution in [0, 0.1) is 5.92 Å². The van der Waals surface area contributed by atoms with Gasteiger partial charge in [0.05, 0.1) is 10.8 Å². The van der Waals surface area contributed by atoms with Crippen LogP contribution in [-0.4, -0.2) is 17.6 Å². The second kappa shape index (κ2) is 4.94. The molecule has 5 heteroatoms. The number of anilines is 1. The van der Waals surface area contributed by atoms with Gasteiger partial charge in [0.2, 0.25) is 0 Å². The number of fused-ring (bicyclic) bond motifs is 1. The summed E-state index contributed by atoms with van der Waals surface area (Å²) >= 11 is 13.6. The molecule has 1 aromatic rings. The molecule has 1 aliphatic carbocycles. The first-order valence-corrected chi connectivity index (χ1v) is 8.00. The summed E-state index contributed by atoms with van der Waals surface area (Å²) in [4.78, 5) is 7.97. The highest BCUT2D eigenvalue weighted by atomic mass is 35.5. The molecule has 1 aliphatic heterocycles. The molecule has 0 amide bonds. The van der Waals surface area contributed by atoms with E-state index in [2.05, 4.69) is 9.88 Å². The van der Waals surface area contributed by atoms with Gasteiger partial charge in [0.15, 0.2) is 5.13 Å². The first-order valence-electron chi connectivity index (χ1n) is 6.27. The molecule has 1 saturated carbocycles. The van der Waals surface area contributed by atoms with Crippen LogP contribution < -0.4 is 4.90 Å². The molecule has 0 aromatic carbocycles. The van der Waals surface area contributed by atoms with Gasteiger partial charge in [-0.05, 0) is 31.6 Å². The number of nitrogens with zero attached hydrogens (tertiary/aromatic N) is 2. The van der Waals surface area contributed by atoms with Crippen LogP contribution in [0.1, 0.15) is 37.0 Å². The Morgan fingerprint density at radius 3 is 2.88 bits per heavy atom. The van der Waals surface area contributed by atoms with Crippen molar-refractivity contribution in [1.29, 1.82) is 0 Å². The fourth-order valence-corrected chi connectivity index (χ4v) is 4.78. The highest BCUT2D eigenvalue weighted by Gasteiger charge is 2.36. The van der Waals surface area contributed by atoms with Gasteiger partial charge in [-0.1, -0.05) is 29.4 Å². The minimum Gasteiger partial charge on any atom is -0.345 e. The number of hydrogen-bond acceptors (Lipinski definition) is 3. The lowest BCUT2D eigenvalue weighted by atomic mass is 9.92. The highest BCUT2D eigenvalue weighted by molar-refractivity contribution is 7.16. The fourth-order valence-electron chi connectivity index (χ4n) is 3.22. The van der Waals surface area contributed by atoms with Crippen LogP contribution in [0.4, 0.5) is 5.13 Å². The molecule has 0 spiro atoms. The van der Waals surface area contributed by atoms with Crippen molar-refractivity contribution < 1.29 is 0 Å². The van der Waals surface area contributed by atoms with Crippen molar-refractivity contribution in [3.05, 3.63) is 10.0 Å². The van der Waals surface area contributed by atoms with Crippen LogP contribution in [0.3, 0.4) is 0 Å². The zero-order valence-corrected chi connectivity index (χ0v) is 12.0. The predicted octanol–water partition coefficient (Wildman–Crippen LogP) is 4.30. The summed E-state index contributed by atoms with van der Waals surface area (Å²) in [6.07, 6.45) is 6.76. The Morgan fingerprint density at radius 1 is 1.29 bits per heavy atom. The largest absolute Gasteiger partial charge is 0.345 e. The summed E-state index contributed by atoms with van der Waals surface area (Å²) in [6.45, 7) is 1.13. The summed E-state index contributed by atoms with van der Waals surface area (Å²) in [6, 6.07) is 0.703. The first kappa shape index (κ1) is 12.1. The van der Waals surface area contributed by atoms with E-state index in [1.54, 1.807) is 11.3 Å². The van der Waals surface area contributed by atoms with Crippen molar-refractivity contribution in [2.24, 2.45) is 5.92 Å². The van der Waals surface area contributed by atoms with E-state index in [1.165, 1.54) is 32.1 Å². The Morgan fingerprint density at radius 2 is 2.12 bits per heavy atom. The van der Waals surface area contributed by atoms with Crippen LogP contribution in [0.2, 0.25) is 5.15 Å². The third-order valence-electron chi connectivity index (χ3n) is 4.00. The van der Waals surface area contributed by atoms with Crippen molar-refractivity contribution in [3.63, 3.8) is 0 Å². The zero-order chi connectivity index (χ0) is 11.8. The summed E-state index contributed by atoms with van der Waals surface area (Å²) in [5.74, 6) is 1.35. The highest BCUT2D eigenvalue weighted by Crippen LogP contribution is 2.41. The standard InChI is InChI=1S/C12H16Cl2N2S/c13-7-10-11(14)15-12(17-10)16-6-2-4-8-3-1-5-9(8)16/h8-9H,1-7H2. The molecule has 2 nitrogen and oxygen atoms in total. The molecule has 1 aromatic heterocycles. The molecular weight excluding hydrogens is 275 g/mol. The van der Waals surface area contributed by atoms with Gasteiger partial charge in [-0.2, -0.15) is 0 Å². The van der Waals surface area contributed by atoms with Crippen molar-refractivity contribution in [3.8, 4) is 0 Å². The minimum absolute atomic E-state index is 0.471. The molecule has 94 valence electrons. The van der Waals surface area contributed by atoms with Crippen LogP contribution in [-0.2, 0) is 5.88 Å². The number of aromatic nitrogens is 1. The number of hydrogen-bond donors (Lipinski definition) is 0. The van der Waals surface area contributed by atoms with Gasteiger partial charge in [0, 0.05) is 12.6 Å². The van der Waals surface area contributed by atoms with Crippen LogP contribution in [0.5, 0.6) is 0 Å². The van der Waals surface area contributed by atoms with Gasteiger partial charge in [0.25, 0.3) is 0 Å². The van der Waals surface area contributed by atoms with Gasteiger partial charge in [-0.15, -0.1) is 11.6 Å². The number of rotatable bonds is 2. The Balaban J connectivity index is 1.86. The van der Waals surface area contributed by atoms with E-state index in [-0.39, 0.29) is 0 Å². The Kier molecular flexibility index (Phi) is 3.51. The fraction of sp³-hybridized carbons (Fsp3) is 0.750. The first-order chi connectivity index (χ1) is 8.29. The molecule has 2 fully saturated rings. The molecule has 2 unspecified atom stereocenters. The SMILES string of the molecule is ClCc1sc(N2CCCC3CCCC32)nc1Cl. The van der Waals surface area contributed by atoms with E-state index in [4.69, 9.17) is 23.2 Å². The molecule has 2 heterocycles. The van der Waals surface area contributed by atoms with Crippen LogP contribution in [0.25, 0.3) is 0 Å². The molecule has 0 N–H and O–H groups in total. The lowest BCUT2D eigenvalue weighted by Gasteiger charge is -2.37. The Labute approximate surface area is 116 Å². The molecule has 1 saturated heterocycles. The molecule has 17 heavy (non-hydrogen) atoms. The van der Waals surface area contributed by atoms with Gasteiger partial charge < -0.3 is 4.90 Å². The lowest BCUT2D eigenvalue weighted by Crippen LogP contribution is -2.42. The topological polar surface area (TPSA) is 16.1 Å². The molecular formula is C12H16Cl2N2S. The third kappa shape index (κ3) is 2.18. The van der Waals surface area contributed by atoms with Crippen LogP contribution in [0.15, 0.2) is 0 Å². The van der Waals surface area contributed by atoms with E-state index in [1.807, 2.05) is 0 Å². The van der Waals surface area contributed by atoms with Gasteiger partial charge in [0.1, 0.15) is 5.15 Å². The van der Waals surface area contributed by atoms with Gasteiger partial charge in [-0.3, -0.25) is 0 Å². The average molecular weight is 291 g/mol. The normalized spacial score (nSPS) is 28.5. The monoisotopic (exact) mass is 290 g/mol. The van der Waals surface area contributed by atoms with E-state index in [0.717, 1.165) is 22.5 Å². The number of halogens is 2. The van der Waals surface area contributed by atoms with E-state index >= 15 is 0 Å². The molecule has 2 atom stereocenters. The summed E-state index contributed by atoms with van der Waals surface area (Å²) in [7, 11) is 0. The van der Waals surface area contributed by atoms with Crippen LogP contribution >= 0.6 is 34.5 Å². The van der Waals surface area contributed by atoms with E-state index < -0.39 is 0 Å². The summed E-state index contributed by atoms with van der Waals surface area (Å²) in [5, 5.41) is 1.68. The van der Waals surface area contributed by atoms with Crippen molar-refractivity contribution >= 4 is 39.7 Å². The van der Waals surface area contributed by atoms with Crippen molar-refractivity contribution in [2.75, 3.05) is 11.4 Å². The summed E-state index contributed by atoms with van der Waals surface area (Å²) in [5.41, 5.74) is 0. The zero-order valence-electron chi connectivity index (χ0n) is 9.66. The molecule has 3 rings (SSSR count). The second-order valence-corrected chi connectivity index (χ2v) is 6.63. The maximum absolute atomic E-state index is 6.10. The second-order valence-electron chi connectivity index (χ2n) is 4.94. The number of alkyl halides is 1. The predicted molar refractivity (Wildman–Crippen MR) is 74.4 cm³/mol. The third-order valence-corrected chi connectivity index (χ3v) is 5.94.